The molecule has 1 heterocycles. The van der Waals surface area contributed by atoms with Gasteiger partial charge in [0.15, 0.2) is 5.13 Å². The molecule has 3 N–H and O–H groups in total. The van der Waals surface area contributed by atoms with Gasteiger partial charge in [-0.15, -0.1) is 11.3 Å². The van der Waals surface area contributed by atoms with Crippen molar-refractivity contribution >= 4 is 42.2 Å². The van der Waals surface area contributed by atoms with E-state index in [1.54, 1.807) is 0 Å². The number of carboxylic acids is 1. The van der Waals surface area contributed by atoms with E-state index in [0.717, 1.165) is 17.4 Å². The molecule has 1 aromatic rings. The van der Waals surface area contributed by atoms with Gasteiger partial charge < -0.3 is 20.4 Å². The highest BCUT2D eigenvalue weighted by Crippen LogP contribution is 2.17. The first-order valence-corrected chi connectivity index (χ1v) is 11.9. The summed E-state index contributed by atoms with van der Waals surface area (Å²) in [5, 5.41) is 14.4. The Morgan fingerprint density at radius 3 is 2.50 bits per heavy atom. The van der Waals surface area contributed by atoms with Crippen LogP contribution in [0.15, 0.2) is 10.5 Å². The molecule has 10 heteroatoms. The van der Waals surface area contributed by atoms with Crippen molar-refractivity contribution in [2.75, 3.05) is 12.3 Å². The van der Waals surface area contributed by atoms with Crippen LogP contribution < -0.4 is 5.73 Å². The number of oxime groups is 1. The number of carbonyl (C=O) groups is 2. The Balaban J connectivity index is 2.76. The van der Waals surface area contributed by atoms with Gasteiger partial charge in [-0.3, -0.25) is 0 Å². The molecule has 8 nitrogen and oxygen atoms in total. The second-order valence-corrected chi connectivity index (χ2v) is 13.4. The monoisotopic (exact) mass is 373 g/mol. The molecule has 0 atom stereocenters. The van der Waals surface area contributed by atoms with Gasteiger partial charge in [0.05, 0.1) is 6.61 Å². The Morgan fingerprint density at radius 1 is 1.42 bits per heavy atom. The molecule has 1 aromatic heterocycles. The van der Waals surface area contributed by atoms with Crippen LogP contribution in [0.2, 0.25) is 25.7 Å². The zero-order valence-corrected chi connectivity index (χ0v) is 16.3. The highest BCUT2D eigenvalue weighted by Gasteiger charge is 2.33. The zero-order chi connectivity index (χ0) is 18.5. The average molecular weight is 374 g/mol. The molecule has 0 aliphatic carbocycles. The lowest BCUT2D eigenvalue weighted by Crippen LogP contribution is -2.37. The van der Waals surface area contributed by atoms with Crippen LogP contribution in [-0.4, -0.2) is 48.0 Å². The molecule has 0 unspecified atom stereocenters. The van der Waals surface area contributed by atoms with Crippen LogP contribution in [0.4, 0.5) is 5.13 Å². The summed E-state index contributed by atoms with van der Waals surface area (Å²) in [5.41, 5.74) is 3.72. The first kappa shape index (κ1) is 20.1. The quantitative estimate of drug-likeness (QED) is 0.310. The van der Waals surface area contributed by atoms with E-state index in [2.05, 4.69) is 29.8 Å². The summed E-state index contributed by atoms with van der Waals surface area (Å²) >= 11 is 1.08. The minimum absolute atomic E-state index is 0.0768. The van der Waals surface area contributed by atoms with Crippen molar-refractivity contribution in [3.63, 3.8) is 0 Å². The summed E-state index contributed by atoms with van der Waals surface area (Å²) in [4.78, 5) is 32.3. The van der Waals surface area contributed by atoms with Gasteiger partial charge in [-0.25, -0.2) is 14.6 Å². The van der Waals surface area contributed by atoms with E-state index in [-0.39, 0.29) is 10.8 Å². The third-order valence-electron chi connectivity index (χ3n) is 2.91. The number of aliphatic carboxylic acids is 1. The number of nitrogen functional groups attached to an aromatic ring is 1. The molecule has 1 rings (SSSR count). The number of aromatic nitrogens is 1. The molecule has 0 saturated heterocycles. The number of esters is 1. The predicted octanol–water partition coefficient (Wildman–Crippen LogP) is 2.19. The second kappa shape index (κ2) is 7.75. The highest BCUT2D eigenvalue weighted by atomic mass is 32.1. The fourth-order valence-electron chi connectivity index (χ4n) is 1.41. The van der Waals surface area contributed by atoms with Crippen molar-refractivity contribution in [2.24, 2.45) is 5.16 Å². The molecule has 0 radical (unpaired) electrons. The zero-order valence-electron chi connectivity index (χ0n) is 14.5. The van der Waals surface area contributed by atoms with Gasteiger partial charge in [-0.05, 0) is 19.9 Å². The predicted molar refractivity (Wildman–Crippen MR) is 95.0 cm³/mol. The van der Waals surface area contributed by atoms with Crippen molar-refractivity contribution in [2.45, 2.75) is 45.1 Å². The Hall–Kier alpha value is -1.94. The molecular weight excluding hydrogens is 350 g/mol. The van der Waals surface area contributed by atoms with E-state index in [1.165, 1.54) is 19.2 Å². The largest absolute Gasteiger partial charge is 0.476 e. The molecule has 134 valence electrons. The SMILES string of the molecule is CC(C)(O/N=C(\C(=O)O)c1csc(N)n1)C(=O)OCC[Si](C)(C)C. The van der Waals surface area contributed by atoms with Crippen LogP contribution in [0.5, 0.6) is 0 Å². The van der Waals surface area contributed by atoms with Crippen LogP contribution in [0.1, 0.15) is 19.5 Å². The topological polar surface area (TPSA) is 124 Å². The Morgan fingerprint density at radius 2 is 2.04 bits per heavy atom. The second-order valence-electron chi connectivity index (χ2n) is 6.86. The number of nitrogens with two attached hydrogens (primary N) is 1. The summed E-state index contributed by atoms with van der Waals surface area (Å²) < 4.78 is 5.21. The van der Waals surface area contributed by atoms with Crippen molar-refractivity contribution in [1.29, 1.82) is 0 Å². The number of rotatable bonds is 8. The lowest BCUT2D eigenvalue weighted by molar-refractivity contribution is -0.167. The van der Waals surface area contributed by atoms with Crippen LogP contribution in [0, 0.1) is 0 Å². The average Bonchev–Trinajstić information content (AvgIpc) is 2.83. The molecule has 0 aliphatic heterocycles. The summed E-state index contributed by atoms with van der Waals surface area (Å²) in [5.74, 6) is -1.93. The molecule has 0 aliphatic rings. The normalized spacial score (nSPS) is 12.8. The van der Waals surface area contributed by atoms with Crippen LogP contribution in [-0.2, 0) is 19.2 Å². The maximum Gasteiger partial charge on any atom is 0.360 e. The van der Waals surface area contributed by atoms with Crippen LogP contribution >= 0.6 is 11.3 Å². The van der Waals surface area contributed by atoms with Crippen molar-refractivity contribution in [3.05, 3.63) is 11.1 Å². The number of thiazole rings is 1. The smallest absolute Gasteiger partial charge is 0.360 e. The molecule has 0 bridgehead atoms. The fourth-order valence-corrected chi connectivity index (χ4v) is 2.67. The van der Waals surface area contributed by atoms with Gasteiger partial charge in [0.1, 0.15) is 5.69 Å². The molecule has 24 heavy (non-hydrogen) atoms. The molecule has 0 spiro atoms. The number of ether oxygens (including phenoxy) is 1. The maximum atomic E-state index is 12.1. The minimum atomic E-state index is -1.41. The number of anilines is 1. The van der Waals surface area contributed by atoms with E-state index in [0.29, 0.717) is 6.61 Å². The van der Waals surface area contributed by atoms with Gasteiger partial charge in [-0.1, -0.05) is 24.8 Å². The van der Waals surface area contributed by atoms with E-state index < -0.39 is 31.3 Å². The molecule has 0 amide bonds. The first-order chi connectivity index (χ1) is 10.9. The summed E-state index contributed by atoms with van der Waals surface area (Å²) in [6.45, 7) is 9.74. The van der Waals surface area contributed by atoms with Crippen LogP contribution in [0.25, 0.3) is 0 Å². The maximum absolute atomic E-state index is 12.1. The van der Waals surface area contributed by atoms with E-state index in [4.69, 9.17) is 15.3 Å². The summed E-state index contributed by atoms with van der Waals surface area (Å²) in [7, 11) is -1.32. The molecule has 0 fully saturated rings. The highest BCUT2D eigenvalue weighted by molar-refractivity contribution is 7.13. The van der Waals surface area contributed by atoms with E-state index in [1.807, 2.05) is 0 Å². The Kier molecular flexibility index (Phi) is 6.49. The van der Waals surface area contributed by atoms with Crippen molar-refractivity contribution in [1.82, 2.24) is 4.98 Å². The lowest BCUT2D eigenvalue weighted by atomic mass is 10.1. The summed E-state index contributed by atoms with van der Waals surface area (Å²) in [6, 6.07) is 0.830. The third-order valence-corrected chi connectivity index (χ3v) is 5.29. The summed E-state index contributed by atoms with van der Waals surface area (Å²) in [6.07, 6.45) is 0. The number of hydrogen-bond donors (Lipinski definition) is 2. The lowest BCUT2D eigenvalue weighted by Gasteiger charge is -2.22. The fraction of sp³-hybridized carbons (Fsp3) is 0.571. The van der Waals surface area contributed by atoms with E-state index >= 15 is 0 Å². The number of nitrogens with zero attached hydrogens (tertiary/aromatic N) is 2. The van der Waals surface area contributed by atoms with Gasteiger partial charge in [0.2, 0.25) is 11.3 Å². The van der Waals surface area contributed by atoms with Gasteiger partial charge in [-0.2, -0.15) is 0 Å². The molecule has 0 aromatic carbocycles. The van der Waals surface area contributed by atoms with Crippen LogP contribution in [0.3, 0.4) is 0 Å². The van der Waals surface area contributed by atoms with Crippen molar-refractivity contribution in [3.8, 4) is 0 Å². The van der Waals surface area contributed by atoms with E-state index in [9.17, 15) is 14.7 Å². The Bertz CT molecular complexity index is 637. The first-order valence-electron chi connectivity index (χ1n) is 7.30. The van der Waals surface area contributed by atoms with Gasteiger partial charge in [0, 0.05) is 13.5 Å². The standard InChI is InChI=1S/C14H23N3O5SSi/c1-14(2,12(20)21-6-7-24(3,4)5)22-17-10(11(18)19)9-8-23-13(15)16-9/h8H,6-7H2,1-5H3,(H2,15,16)(H,18,19)/b17-10-. The number of hydrogen-bond acceptors (Lipinski definition) is 8. The van der Waals surface area contributed by atoms with Crippen molar-refractivity contribution < 1.29 is 24.3 Å². The van der Waals surface area contributed by atoms with Gasteiger partial charge >= 0.3 is 11.9 Å². The number of carboxylic acid groups (broad SMARTS) is 1. The molecule has 0 saturated carbocycles. The molecular formula is C14H23N3O5SSi. The minimum Gasteiger partial charge on any atom is -0.476 e. The van der Waals surface area contributed by atoms with Gasteiger partial charge in [0.25, 0.3) is 0 Å². The Labute approximate surface area is 145 Å². The third kappa shape index (κ3) is 6.28. The number of carbonyl (C=O) groups excluding carboxylic acids is 1.